The summed E-state index contributed by atoms with van der Waals surface area (Å²) in [7, 11) is 0. The van der Waals surface area contributed by atoms with Crippen LogP contribution in [0.1, 0.15) is 40.0 Å². The average Bonchev–Trinajstić information content (AvgIpc) is 3.23. The van der Waals surface area contributed by atoms with Crippen LogP contribution in [0, 0.1) is 0 Å². The van der Waals surface area contributed by atoms with Crippen molar-refractivity contribution in [3.05, 3.63) is 54.0 Å². The lowest BCUT2D eigenvalue weighted by Crippen LogP contribution is -2.50. The molecule has 0 aromatic carbocycles. The number of hydrogen-bond donors (Lipinski definition) is 1. The molecule has 3 aromatic heterocycles. The van der Waals surface area contributed by atoms with E-state index in [1.54, 1.807) is 27.9 Å². The molecule has 31 heavy (non-hydrogen) atoms. The average molecular weight is 418 g/mol. The van der Waals surface area contributed by atoms with Crippen LogP contribution in [-0.2, 0) is 0 Å². The highest BCUT2D eigenvalue weighted by molar-refractivity contribution is 6.05. The Balaban J connectivity index is 1.46. The van der Waals surface area contributed by atoms with Gasteiger partial charge in [0.1, 0.15) is 0 Å². The minimum Gasteiger partial charge on any atom is -0.411 e. The number of fused-ring (bicyclic) bond motifs is 1. The molecule has 5 rings (SSSR count). The molecule has 0 radical (unpaired) electrons. The summed E-state index contributed by atoms with van der Waals surface area (Å²) in [6, 6.07) is 7.42. The van der Waals surface area contributed by atoms with Gasteiger partial charge < -0.3 is 15.0 Å². The Morgan fingerprint density at radius 1 is 0.968 bits per heavy atom. The lowest BCUT2D eigenvalue weighted by Gasteiger charge is -2.31. The van der Waals surface area contributed by atoms with Crippen molar-refractivity contribution in [3.8, 4) is 11.3 Å². The maximum Gasteiger partial charge on any atom is 0.257 e. The summed E-state index contributed by atoms with van der Waals surface area (Å²) in [6.45, 7) is 2.19. The highest BCUT2D eigenvalue weighted by Gasteiger charge is 2.28. The number of carbonyl (C=O) groups excluding carboxylic acids is 2. The Bertz CT molecular complexity index is 1190. The lowest BCUT2D eigenvalue weighted by molar-refractivity contribution is 0.0725. The van der Waals surface area contributed by atoms with E-state index in [0.717, 1.165) is 49.1 Å². The molecule has 5 heterocycles. The molecule has 0 aliphatic carbocycles. The zero-order valence-electron chi connectivity index (χ0n) is 16.9. The van der Waals surface area contributed by atoms with Gasteiger partial charge in [-0.2, -0.15) is 5.10 Å². The van der Waals surface area contributed by atoms with E-state index in [1.807, 2.05) is 23.1 Å². The van der Waals surface area contributed by atoms with Crippen molar-refractivity contribution in [2.75, 3.05) is 26.2 Å². The van der Waals surface area contributed by atoms with Crippen molar-refractivity contribution in [1.82, 2.24) is 24.4 Å². The standard InChI is InChI=1S/C22H22N6O3/c29-21(27-13-17(14-27)25-31)16-9-15(10-23-11-16)19-5-4-6-20-18(12-24-28(19)20)22(30)26-7-2-1-3-8-26/h4-6,9-12,31H,1-3,7-8,13-14H2. The van der Waals surface area contributed by atoms with Crippen molar-refractivity contribution in [3.63, 3.8) is 0 Å². The van der Waals surface area contributed by atoms with Gasteiger partial charge in [0.15, 0.2) is 0 Å². The molecular formula is C22H22N6O3. The smallest absolute Gasteiger partial charge is 0.257 e. The first-order chi connectivity index (χ1) is 15.2. The molecule has 2 amide bonds. The highest BCUT2D eigenvalue weighted by Crippen LogP contribution is 2.25. The Kier molecular flexibility index (Phi) is 4.85. The van der Waals surface area contributed by atoms with Crippen LogP contribution in [0.2, 0.25) is 0 Å². The number of oxime groups is 1. The first-order valence-corrected chi connectivity index (χ1v) is 10.4. The number of hydrogen-bond acceptors (Lipinski definition) is 6. The van der Waals surface area contributed by atoms with Gasteiger partial charge in [-0.25, -0.2) is 4.52 Å². The number of carbonyl (C=O) groups is 2. The summed E-state index contributed by atoms with van der Waals surface area (Å²) < 4.78 is 1.72. The van der Waals surface area contributed by atoms with E-state index in [1.165, 1.54) is 6.20 Å². The first-order valence-electron chi connectivity index (χ1n) is 10.4. The van der Waals surface area contributed by atoms with Crippen LogP contribution < -0.4 is 0 Å². The minimum absolute atomic E-state index is 0.00744. The number of piperidine rings is 1. The second kappa shape index (κ2) is 7.82. The Morgan fingerprint density at radius 2 is 1.77 bits per heavy atom. The summed E-state index contributed by atoms with van der Waals surface area (Å²) in [5.41, 5.74) is 3.82. The minimum atomic E-state index is -0.171. The molecule has 2 aliphatic heterocycles. The third-order valence-electron chi connectivity index (χ3n) is 5.87. The summed E-state index contributed by atoms with van der Waals surface area (Å²) in [5, 5.41) is 16.4. The van der Waals surface area contributed by atoms with E-state index in [9.17, 15) is 9.59 Å². The van der Waals surface area contributed by atoms with Crippen molar-refractivity contribution < 1.29 is 14.8 Å². The van der Waals surface area contributed by atoms with E-state index in [2.05, 4.69) is 15.2 Å². The van der Waals surface area contributed by atoms with Crippen LogP contribution in [0.5, 0.6) is 0 Å². The number of likely N-dealkylation sites (tertiary alicyclic amines) is 2. The van der Waals surface area contributed by atoms with Crippen LogP contribution >= 0.6 is 0 Å². The van der Waals surface area contributed by atoms with E-state index in [-0.39, 0.29) is 11.8 Å². The Morgan fingerprint density at radius 3 is 2.55 bits per heavy atom. The molecular weight excluding hydrogens is 396 g/mol. The number of rotatable bonds is 3. The van der Waals surface area contributed by atoms with E-state index in [4.69, 9.17) is 5.21 Å². The van der Waals surface area contributed by atoms with Gasteiger partial charge >= 0.3 is 0 Å². The molecule has 2 aliphatic rings. The first kappa shape index (κ1) is 19.2. The molecule has 0 spiro atoms. The van der Waals surface area contributed by atoms with E-state index >= 15 is 0 Å². The Labute approximate surface area is 178 Å². The lowest BCUT2D eigenvalue weighted by atomic mass is 10.1. The molecule has 0 saturated carbocycles. The fourth-order valence-electron chi connectivity index (χ4n) is 4.14. The van der Waals surface area contributed by atoms with Gasteiger partial charge in [-0.05, 0) is 37.5 Å². The van der Waals surface area contributed by atoms with Crippen molar-refractivity contribution in [1.29, 1.82) is 0 Å². The van der Waals surface area contributed by atoms with Gasteiger partial charge in [0, 0.05) is 31.0 Å². The van der Waals surface area contributed by atoms with Crippen LogP contribution in [-0.4, -0.2) is 73.3 Å². The molecule has 1 N–H and O–H groups in total. The van der Waals surface area contributed by atoms with Crippen LogP contribution in [0.25, 0.3) is 16.8 Å². The summed E-state index contributed by atoms with van der Waals surface area (Å²) in [4.78, 5) is 33.4. The molecule has 2 saturated heterocycles. The van der Waals surface area contributed by atoms with Crippen LogP contribution in [0.4, 0.5) is 0 Å². The number of nitrogens with zero attached hydrogens (tertiary/aromatic N) is 6. The predicted molar refractivity (Wildman–Crippen MR) is 113 cm³/mol. The second-order valence-corrected chi connectivity index (χ2v) is 7.91. The fourth-order valence-corrected chi connectivity index (χ4v) is 4.14. The second-order valence-electron chi connectivity index (χ2n) is 7.91. The van der Waals surface area contributed by atoms with Gasteiger partial charge in [0.2, 0.25) is 0 Å². The van der Waals surface area contributed by atoms with Crippen molar-refractivity contribution in [2.24, 2.45) is 5.16 Å². The van der Waals surface area contributed by atoms with Gasteiger partial charge in [-0.1, -0.05) is 11.2 Å². The maximum atomic E-state index is 13.0. The monoisotopic (exact) mass is 418 g/mol. The number of pyridine rings is 2. The van der Waals surface area contributed by atoms with Gasteiger partial charge in [0.25, 0.3) is 11.8 Å². The normalized spacial score (nSPS) is 16.3. The fraction of sp³-hybridized carbons (Fsp3) is 0.318. The molecule has 0 bridgehead atoms. The number of amides is 2. The summed E-state index contributed by atoms with van der Waals surface area (Å²) in [6.07, 6.45) is 8.05. The molecule has 2 fully saturated rings. The highest BCUT2D eigenvalue weighted by atomic mass is 16.4. The number of aromatic nitrogens is 3. The topological polar surface area (TPSA) is 103 Å². The molecule has 9 heteroatoms. The predicted octanol–water partition coefficient (Wildman–Crippen LogP) is 2.31. The largest absolute Gasteiger partial charge is 0.411 e. The SMILES string of the molecule is O=C(c1cncc(-c2cccc3c(C(=O)N4CCCCC4)cnn23)c1)N1CC(=NO)C1. The van der Waals surface area contributed by atoms with Crippen molar-refractivity contribution in [2.45, 2.75) is 19.3 Å². The van der Waals surface area contributed by atoms with Gasteiger partial charge in [0.05, 0.1) is 47.3 Å². The summed E-state index contributed by atoms with van der Waals surface area (Å²) in [5.74, 6) is -0.164. The zero-order valence-corrected chi connectivity index (χ0v) is 16.9. The molecule has 0 unspecified atom stereocenters. The van der Waals surface area contributed by atoms with Gasteiger partial charge in [-0.3, -0.25) is 14.6 Å². The molecule has 3 aromatic rings. The van der Waals surface area contributed by atoms with Crippen LogP contribution in [0.3, 0.4) is 0 Å². The quantitative estimate of drug-likeness (QED) is 0.519. The Hall–Kier alpha value is -3.75. The molecule has 9 nitrogen and oxygen atoms in total. The van der Waals surface area contributed by atoms with E-state index in [0.29, 0.717) is 29.9 Å². The molecule has 0 atom stereocenters. The summed E-state index contributed by atoms with van der Waals surface area (Å²) >= 11 is 0. The van der Waals surface area contributed by atoms with Gasteiger partial charge in [-0.15, -0.1) is 0 Å². The van der Waals surface area contributed by atoms with E-state index < -0.39 is 0 Å². The van der Waals surface area contributed by atoms with Crippen LogP contribution in [0.15, 0.2) is 48.0 Å². The third-order valence-corrected chi connectivity index (χ3v) is 5.87. The van der Waals surface area contributed by atoms with Crippen molar-refractivity contribution >= 4 is 23.0 Å². The maximum absolute atomic E-state index is 13.0. The molecule has 158 valence electrons. The third kappa shape index (κ3) is 3.41. The zero-order chi connectivity index (χ0) is 21.4.